The van der Waals surface area contributed by atoms with Gasteiger partial charge in [0.25, 0.3) is 0 Å². The second-order valence-electron chi connectivity index (χ2n) is 5.80. The Bertz CT molecular complexity index is 299. The van der Waals surface area contributed by atoms with E-state index in [9.17, 15) is 4.79 Å². The van der Waals surface area contributed by atoms with Crippen molar-refractivity contribution in [3.8, 4) is 0 Å². The number of rotatable bonds is 15. The first-order valence-electron chi connectivity index (χ1n) is 8.56. The smallest absolute Gasteiger partial charge is 0.226 e. The summed E-state index contributed by atoms with van der Waals surface area (Å²) in [5.74, 6) is -0.518. The van der Waals surface area contributed by atoms with Gasteiger partial charge in [-0.1, -0.05) is 89.1 Å². The molecule has 0 saturated heterocycles. The highest BCUT2D eigenvalue weighted by Crippen LogP contribution is 2.13. The molecular weight excluding hydrogens is 264 g/mol. The third-order valence-corrected chi connectivity index (χ3v) is 3.85. The molecule has 5 nitrogen and oxygen atoms in total. The van der Waals surface area contributed by atoms with Crippen LogP contribution >= 0.6 is 0 Å². The van der Waals surface area contributed by atoms with Crippen LogP contribution in [0.15, 0.2) is 5.11 Å². The summed E-state index contributed by atoms with van der Waals surface area (Å²) in [6, 6.07) is -0.668. The summed E-state index contributed by atoms with van der Waals surface area (Å²) in [6.07, 6.45) is 15.9. The first-order valence-corrected chi connectivity index (χ1v) is 8.56. The van der Waals surface area contributed by atoms with Gasteiger partial charge in [0.2, 0.25) is 5.91 Å². The Morgan fingerprint density at radius 3 is 1.76 bits per heavy atom. The van der Waals surface area contributed by atoms with Gasteiger partial charge in [-0.3, -0.25) is 4.79 Å². The number of nitrogens with two attached hydrogens (primary N) is 1. The normalized spacial score (nSPS) is 11.9. The minimum Gasteiger partial charge on any atom is -0.369 e. The third kappa shape index (κ3) is 13.5. The predicted molar refractivity (Wildman–Crippen MR) is 87.8 cm³/mol. The molecule has 0 aliphatic carbocycles. The predicted octanol–water partition coefficient (Wildman–Crippen LogP) is 5.24. The molecule has 2 N–H and O–H groups in total. The maximum atomic E-state index is 11.0. The summed E-state index contributed by atoms with van der Waals surface area (Å²) in [5.41, 5.74) is 13.5. The van der Waals surface area contributed by atoms with E-state index < -0.39 is 11.9 Å². The molecule has 0 aromatic heterocycles. The first-order chi connectivity index (χ1) is 10.2. The molecule has 1 atom stereocenters. The summed E-state index contributed by atoms with van der Waals surface area (Å²) < 4.78 is 0. The van der Waals surface area contributed by atoms with Crippen LogP contribution in [0.2, 0.25) is 0 Å². The molecule has 0 bridgehead atoms. The molecule has 0 spiro atoms. The van der Waals surface area contributed by atoms with Crippen LogP contribution in [-0.4, -0.2) is 11.9 Å². The topological polar surface area (TPSA) is 91.8 Å². The van der Waals surface area contributed by atoms with Crippen LogP contribution in [0.1, 0.15) is 90.4 Å². The SMILES string of the molecule is CCCCCCCCCCCCCC[C@@H](N=[N+]=[N-])C(N)=O. The minimum absolute atomic E-state index is 0.518. The number of unbranched alkanes of at least 4 members (excludes halogenated alkanes) is 11. The molecule has 21 heavy (non-hydrogen) atoms. The monoisotopic (exact) mass is 296 g/mol. The molecule has 0 aliphatic rings. The van der Waals surface area contributed by atoms with Gasteiger partial charge < -0.3 is 5.73 Å². The van der Waals surface area contributed by atoms with Crippen molar-refractivity contribution in [2.75, 3.05) is 0 Å². The van der Waals surface area contributed by atoms with Crippen LogP contribution in [0.4, 0.5) is 0 Å². The molecular formula is C16H32N4O. The molecule has 0 aliphatic heterocycles. The lowest BCUT2D eigenvalue weighted by atomic mass is 10.0. The summed E-state index contributed by atoms with van der Waals surface area (Å²) in [6.45, 7) is 2.25. The van der Waals surface area contributed by atoms with Crippen molar-refractivity contribution in [3.05, 3.63) is 10.4 Å². The van der Waals surface area contributed by atoms with Crippen LogP contribution in [0.5, 0.6) is 0 Å². The molecule has 0 unspecified atom stereocenters. The van der Waals surface area contributed by atoms with E-state index in [1.807, 2.05) is 0 Å². The number of carbonyl (C=O) groups is 1. The van der Waals surface area contributed by atoms with E-state index in [2.05, 4.69) is 16.9 Å². The molecule has 0 heterocycles. The first kappa shape index (κ1) is 19.8. The van der Waals surface area contributed by atoms with E-state index in [0.717, 1.165) is 12.8 Å². The Hall–Kier alpha value is -1.22. The Balaban J connectivity index is 3.28. The van der Waals surface area contributed by atoms with Crippen LogP contribution in [0, 0.1) is 0 Å². The van der Waals surface area contributed by atoms with Crippen LogP contribution in [0.25, 0.3) is 10.4 Å². The molecule has 0 radical (unpaired) electrons. The van der Waals surface area contributed by atoms with E-state index in [1.165, 1.54) is 64.2 Å². The van der Waals surface area contributed by atoms with E-state index in [4.69, 9.17) is 11.3 Å². The van der Waals surface area contributed by atoms with E-state index in [-0.39, 0.29) is 0 Å². The van der Waals surface area contributed by atoms with Crippen molar-refractivity contribution in [2.24, 2.45) is 10.8 Å². The van der Waals surface area contributed by atoms with Crippen molar-refractivity contribution >= 4 is 5.91 Å². The van der Waals surface area contributed by atoms with Gasteiger partial charge in [-0.25, -0.2) is 0 Å². The second-order valence-corrected chi connectivity index (χ2v) is 5.80. The number of carbonyl (C=O) groups excluding carboxylic acids is 1. The van der Waals surface area contributed by atoms with Crippen LogP contribution < -0.4 is 5.73 Å². The quantitative estimate of drug-likeness (QED) is 0.190. The fraction of sp³-hybridized carbons (Fsp3) is 0.938. The maximum absolute atomic E-state index is 11.0. The summed E-state index contributed by atoms with van der Waals surface area (Å²) >= 11 is 0. The van der Waals surface area contributed by atoms with Crippen molar-refractivity contribution < 1.29 is 4.79 Å². The molecule has 1 amide bonds. The summed E-state index contributed by atoms with van der Waals surface area (Å²) in [4.78, 5) is 13.6. The van der Waals surface area contributed by atoms with Gasteiger partial charge in [-0.15, -0.1) is 0 Å². The van der Waals surface area contributed by atoms with E-state index >= 15 is 0 Å². The Morgan fingerprint density at radius 2 is 1.38 bits per heavy atom. The lowest BCUT2D eigenvalue weighted by molar-refractivity contribution is -0.119. The number of amides is 1. The minimum atomic E-state index is -0.668. The Morgan fingerprint density at radius 1 is 0.952 bits per heavy atom. The highest BCUT2D eigenvalue weighted by Gasteiger charge is 2.11. The molecule has 0 rings (SSSR count). The number of primary amides is 1. The summed E-state index contributed by atoms with van der Waals surface area (Å²) in [5, 5.41) is 3.42. The molecule has 0 aromatic rings. The van der Waals surface area contributed by atoms with Gasteiger partial charge in [0.1, 0.15) is 6.04 Å². The largest absolute Gasteiger partial charge is 0.369 e. The zero-order valence-electron chi connectivity index (χ0n) is 13.6. The summed E-state index contributed by atoms with van der Waals surface area (Å²) in [7, 11) is 0. The standard InChI is InChI=1S/C16H32N4O/c1-2-3-4-5-6-7-8-9-10-11-12-13-14-15(16(17)21)19-20-18/h15H,2-14H2,1H3,(H2,17,21)/t15-/m1/s1. The van der Waals surface area contributed by atoms with Crippen molar-refractivity contribution in [1.29, 1.82) is 0 Å². The van der Waals surface area contributed by atoms with Gasteiger partial charge in [-0.2, -0.15) is 0 Å². The number of azide groups is 1. The Kier molecular flexibility index (Phi) is 14.3. The highest BCUT2D eigenvalue weighted by molar-refractivity contribution is 5.79. The van der Waals surface area contributed by atoms with Gasteiger partial charge >= 0.3 is 0 Å². The zero-order chi connectivity index (χ0) is 15.8. The lowest BCUT2D eigenvalue weighted by Gasteiger charge is -2.06. The van der Waals surface area contributed by atoms with Crippen LogP contribution in [-0.2, 0) is 4.79 Å². The van der Waals surface area contributed by atoms with Crippen molar-refractivity contribution in [2.45, 2.75) is 96.4 Å². The maximum Gasteiger partial charge on any atom is 0.226 e. The molecule has 0 saturated carbocycles. The fourth-order valence-electron chi connectivity index (χ4n) is 2.50. The molecule has 0 aromatic carbocycles. The molecule has 0 fully saturated rings. The van der Waals surface area contributed by atoms with Gasteiger partial charge in [-0.05, 0) is 12.0 Å². The number of hydrogen-bond acceptors (Lipinski definition) is 2. The zero-order valence-corrected chi connectivity index (χ0v) is 13.6. The number of nitrogens with zero attached hydrogens (tertiary/aromatic N) is 3. The number of hydrogen-bond donors (Lipinski definition) is 1. The van der Waals surface area contributed by atoms with E-state index in [1.54, 1.807) is 0 Å². The highest BCUT2D eigenvalue weighted by atomic mass is 16.1. The van der Waals surface area contributed by atoms with Crippen molar-refractivity contribution in [3.63, 3.8) is 0 Å². The van der Waals surface area contributed by atoms with Gasteiger partial charge in [0.15, 0.2) is 0 Å². The fourth-order valence-corrected chi connectivity index (χ4v) is 2.50. The lowest BCUT2D eigenvalue weighted by Crippen LogP contribution is -2.26. The third-order valence-electron chi connectivity index (χ3n) is 3.85. The van der Waals surface area contributed by atoms with E-state index in [0.29, 0.717) is 6.42 Å². The molecule has 5 heteroatoms. The van der Waals surface area contributed by atoms with Crippen LogP contribution in [0.3, 0.4) is 0 Å². The van der Waals surface area contributed by atoms with Gasteiger partial charge in [0, 0.05) is 4.91 Å². The average Bonchev–Trinajstić information content (AvgIpc) is 2.47. The van der Waals surface area contributed by atoms with Gasteiger partial charge in [0.05, 0.1) is 0 Å². The second kappa shape index (κ2) is 15.2. The Labute approximate surface area is 129 Å². The molecule has 122 valence electrons. The van der Waals surface area contributed by atoms with Crippen molar-refractivity contribution in [1.82, 2.24) is 0 Å². The average molecular weight is 296 g/mol.